The highest BCUT2D eigenvalue weighted by molar-refractivity contribution is 6.17. The van der Waals surface area contributed by atoms with Crippen LogP contribution in [-0.2, 0) is 25.7 Å². The monoisotopic (exact) mass is 555 g/mol. The van der Waals surface area contributed by atoms with Gasteiger partial charge in [0.25, 0.3) is 0 Å². The molecule has 1 aliphatic heterocycles. The van der Waals surface area contributed by atoms with Crippen LogP contribution in [0.5, 0.6) is 0 Å². The zero-order chi connectivity index (χ0) is 29.2. The minimum atomic E-state index is -1.20. The molecule has 0 aromatic heterocycles. The Balaban J connectivity index is 1.65. The number of ether oxygens (including phenoxy) is 1. The molecule has 1 amide bonds. The number of rotatable bonds is 12. The Bertz CT molecular complexity index is 1360. The summed E-state index contributed by atoms with van der Waals surface area (Å²) in [5.41, 5.74) is 3.44. The van der Waals surface area contributed by atoms with Gasteiger partial charge in [-0.25, -0.2) is 4.79 Å². The fourth-order valence-corrected chi connectivity index (χ4v) is 5.20. The van der Waals surface area contributed by atoms with Gasteiger partial charge >= 0.3 is 11.9 Å². The third-order valence-corrected chi connectivity index (χ3v) is 7.24. The summed E-state index contributed by atoms with van der Waals surface area (Å²) in [6.07, 6.45) is 1.61. The summed E-state index contributed by atoms with van der Waals surface area (Å²) in [6, 6.07) is 25.2. The smallest absolute Gasteiger partial charge is 0.328 e. The van der Waals surface area contributed by atoms with Crippen molar-refractivity contribution in [2.75, 3.05) is 18.5 Å². The van der Waals surface area contributed by atoms with Crippen molar-refractivity contribution in [3.63, 3.8) is 0 Å². The Morgan fingerprint density at radius 3 is 2.34 bits per heavy atom. The molecule has 3 unspecified atom stereocenters. The SMILES string of the molecule is CCOC(=O)CC(C)C(N=C(c1ccccc1)c1ccccc1NC(=O)C1CCCN1Cc1ccccc1)C(=O)O. The van der Waals surface area contributed by atoms with Crippen molar-refractivity contribution in [1.29, 1.82) is 0 Å². The first-order valence-electron chi connectivity index (χ1n) is 14.1. The standard InChI is InChI=1S/C33H37N3O5/c1-3-41-29(37)21-23(2)30(33(39)40)35-31(25-15-8-5-9-16-25)26-17-10-11-18-27(26)34-32(38)28-19-12-20-36(28)22-24-13-6-4-7-14-24/h4-11,13-18,23,28,30H,3,12,19-22H2,1-2H3,(H,34,38)(H,39,40). The first-order chi connectivity index (χ1) is 19.9. The number of likely N-dealkylation sites (tertiary alicyclic amines) is 1. The topological polar surface area (TPSA) is 108 Å². The van der Waals surface area contributed by atoms with E-state index in [9.17, 15) is 19.5 Å². The first kappa shape index (κ1) is 29.7. The van der Waals surface area contributed by atoms with E-state index in [2.05, 4.69) is 22.3 Å². The van der Waals surface area contributed by atoms with Gasteiger partial charge in [-0.15, -0.1) is 0 Å². The van der Waals surface area contributed by atoms with Gasteiger partial charge in [-0.2, -0.15) is 0 Å². The van der Waals surface area contributed by atoms with E-state index in [4.69, 9.17) is 9.73 Å². The predicted molar refractivity (Wildman–Crippen MR) is 159 cm³/mol. The minimum absolute atomic E-state index is 0.0757. The van der Waals surface area contributed by atoms with Crippen LogP contribution in [0.1, 0.15) is 49.8 Å². The number of aliphatic imine (C=N–C) groups is 1. The normalized spacial score (nSPS) is 17.0. The van der Waals surface area contributed by atoms with Crippen LogP contribution in [0.25, 0.3) is 0 Å². The summed E-state index contributed by atoms with van der Waals surface area (Å²) in [5, 5.41) is 13.2. The Morgan fingerprint density at radius 1 is 1.00 bits per heavy atom. The number of anilines is 1. The summed E-state index contributed by atoms with van der Waals surface area (Å²) in [6.45, 7) is 5.14. The van der Waals surface area contributed by atoms with Gasteiger partial charge in [0, 0.05) is 17.7 Å². The van der Waals surface area contributed by atoms with E-state index >= 15 is 0 Å². The maximum absolute atomic E-state index is 13.6. The molecule has 1 saturated heterocycles. The van der Waals surface area contributed by atoms with Gasteiger partial charge < -0.3 is 15.2 Å². The predicted octanol–water partition coefficient (Wildman–Crippen LogP) is 5.17. The number of aliphatic carboxylic acids is 1. The average molecular weight is 556 g/mol. The molecule has 0 saturated carbocycles. The highest BCUT2D eigenvalue weighted by Gasteiger charge is 2.32. The summed E-state index contributed by atoms with van der Waals surface area (Å²) >= 11 is 0. The molecule has 0 aliphatic carbocycles. The van der Waals surface area contributed by atoms with E-state index in [-0.39, 0.29) is 25.0 Å². The highest BCUT2D eigenvalue weighted by atomic mass is 16.5. The molecule has 41 heavy (non-hydrogen) atoms. The minimum Gasteiger partial charge on any atom is -0.480 e. The van der Waals surface area contributed by atoms with Gasteiger partial charge in [0.05, 0.1) is 30.5 Å². The fraction of sp³-hybridized carbons (Fsp3) is 0.333. The molecule has 3 atom stereocenters. The van der Waals surface area contributed by atoms with Crippen LogP contribution in [0.4, 0.5) is 5.69 Å². The van der Waals surface area contributed by atoms with E-state index in [1.807, 2.05) is 66.7 Å². The molecule has 0 bridgehead atoms. The molecule has 3 aromatic carbocycles. The van der Waals surface area contributed by atoms with Gasteiger partial charge in [0.1, 0.15) is 0 Å². The van der Waals surface area contributed by atoms with Gasteiger partial charge in [-0.1, -0.05) is 85.8 Å². The molecule has 0 spiro atoms. The molecule has 1 fully saturated rings. The molecule has 2 N–H and O–H groups in total. The number of hydrogen-bond donors (Lipinski definition) is 2. The number of carbonyl (C=O) groups is 3. The molecule has 4 rings (SSSR count). The van der Waals surface area contributed by atoms with E-state index < -0.39 is 23.9 Å². The van der Waals surface area contributed by atoms with Crippen molar-refractivity contribution < 1.29 is 24.2 Å². The maximum atomic E-state index is 13.6. The second-order valence-electron chi connectivity index (χ2n) is 10.3. The van der Waals surface area contributed by atoms with Crippen LogP contribution in [0.2, 0.25) is 0 Å². The lowest BCUT2D eigenvalue weighted by Gasteiger charge is -2.24. The number of carbonyl (C=O) groups excluding carboxylic acids is 2. The Morgan fingerprint density at radius 2 is 1.66 bits per heavy atom. The van der Waals surface area contributed by atoms with Crippen LogP contribution in [0, 0.1) is 5.92 Å². The van der Waals surface area contributed by atoms with Crippen LogP contribution in [0.3, 0.4) is 0 Å². The Labute approximate surface area is 241 Å². The Hall–Kier alpha value is -4.30. The number of carboxylic acid groups (broad SMARTS) is 1. The molecule has 3 aromatic rings. The van der Waals surface area contributed by atoms with Crippen molar-refractivity contribution in [2.45, 2.75) is 51.7 Å². The van der Waals surface area contributed by atoms with Crippen molar-refractivity contribution in [3.8, 4) is 0 Å². The average Bonchev–Trinajstić information content (AvgIpc) is 3.43. The van der Waals surface area contributed by atoms with Crippen LogP contribution >= 0.6 is 0 Å². The first-order valence-corrected chi connectivity index (χ1v) is 14.1. The lowest BCUT2D eigenvalue weighted by atomic mass is 9.96. The molecule has 8 nitrogen and oxygen atoms in total. The Kier molecular flexibility index (Phi) is 10.4. The van der Waals surface area contributed by atoms with Crippen molar-refractivity contribution >= 4 is 29.2 Å². The van der Waals surface area contributed by atoms with E-state index in [1.54, 1.807) is 19.9 Å². The van der Waals surface area contributed by atoms with Crippen LogP contribution < -0.4 is 5.32 Å². The fourth-order valence-electron chi connectivity index (χ4n) is 5.20. The number of nitrogens with zero attached hydrogens (tertiary/aromatic N) is 2. The second kappa shape index (κ2) is 14.4. The third-order valence-electron chi connectivity index (χ3n) is 7.24. The van der Waals surface area contributed by atoms with E-state index in [1.165, 1.54) is 0 Å². The zero-order valence-corrected chi connectivity index (χ0v) is 23.5. The van der Waals surface area contributed by atoms with Gasteiger partial charge in [0.15, 0.2) is 6.04 Å². The lowest BCUT2D eigenvalue weighted by Crippen LogP contribution is -2.39. The molecule has 1 aliphatic rings. The molecule has 214 valence electrons. The number of amides is 1. The third kappa shape index (κ3) is 7.89. The number of hydrogen-bond acceptors (Lipinski definition) is 6. The van der Waals surface area contributed by atoms with Crippen LogP contribution in [-0.4, -0.2) is 58.8 Å². The second-order valence-corrected chi connectivity index (χ2v) is 10.3. The molecular weight excluding hydrogens is 518 g/mol. The summed E-state index contributed by atoms with van der Waals surface area (Å²) in [5.74, 6) is -2.33. The van der Waals surface area contributed by atoms with Crippen molar-refractivity contribution in [1.82, 2.24) is 4.90 Å². The molecule has 1 heterocycles. The maximum Gasteiger partial charge on any atom is 0.328 e. The highest BCUT2D eigenvalue weighted by Crippen LogP contribution is 2.26. The van der Waals surface area contributed by atoms with Gasteiger partial charge in [-0.3, -0.25) is 19.5 Å². The zero-order valence-electron chi connectivity index (χ0n) is 23.5. The largest absolute Gasteiger partial charge is 0.480 e. The van der Waals surface area contributed by atoms with Gasteiger partial charge in [0.2, 0.25) is 5.91 Å². The number of benzene rings is 3. The summed E-state index contributed by atoms with van der Waals surface area (Å²) < 4.78 is 5.04. The number of esters is 1. The van der Waals surface area contributed by atoms with Gasteiger partial charge in [-0.05, 0) is 43.9 Å². The van der Waals surface area contributed by atoms with E-state index in [0.717, 1.165) is 24.9 Å². The van der Waals surface area contributed by atoms with Crippen molar-refractivity contribution in [2.24, 2.45) is 10.9 Å². The van der Waals surface area contributed by atoms with Crippen molar-refractivity contribution in [3.05, 3.63) is 102 Å². The number of para-hydroxylation sites is 1. The number of nitrogens with one attached hydrogen (secondary N) is 1. The van der Waals surface area contributed by atoms with E-state index in [0.29, 0.717) is 29.1 Å². The lowest BCUT2D eigenvalue weighted by molar-refractivity contribution is -0.145. The van der Waals surface area contributed by atoms with Crippen LogP contribution in [0.15, 0.2) is 89.9 Å². The summed E-state index contributed by atoms with van der Waals surface area (Å²) in [4.78, 5) is 45.0. The number of carboxylic acids is 1. The molecule has 0 radical (unpaired) electrons. The quantitative estimate of drug-likeness (QED) is 0.236. The molecule has 8 heteroatoms. The summed E-state index contributed by atoms with van der Waals surface area (Å²) in [7, 11) is 0. The molecular formula is C33H37N3O5.